The number of hydrogen-bond donors (Lipinski definition) is 1. The second-order valence-corrected chi connectivity index (χ2v) is 9.87. The number of piperidine rings is 1. The number of amides is 1. The molecule has 1 aromatic carbocycles. The quantitative estimate of drug-likeness (QED) is 0.514. The van der Waals surface area contributed by atoms with Crippen molar-refractivity contribution >= 4 is 11.9 Å². The van der Waals surface area contributed by atoms with E-state index >= 15 is 0 Å². The predicted octanol–water partition coefficient (Wildman–Crippen LogP) is 3.30. The van der Waals surface area contributed by atoms with E-state index in [4.69, 9.17) is 9.26 Å². The number of nitrogens with one attached hydrogen (secondary N) is 1. The van der Waals surface area contributed by atoms with Crippen LogP contribution in [0.3, 0.4) is 0 Å². The van der Waals surface area contributed by atoms with Crippen LogP contribution in [0.4, 0.5) is 6.01 Å². The largest absolute Gasteiger partial charge is 0.481 e. The molecule has 9 heteroatoms. The lowest BCUT2D eigenvalue weighted by molar-refractivity contribution is -0.125. The molecule has 4 heterocycles. The zero-order valence-electron chi connectivity index (χ0n) is 21.0. The van der Waals surface area contributed by atoms with Gasteiger partial charge in [0.25, 0.3) is 0 Å². The van der Waals surface area contributed by atoms with Crippen LogP contribution in [0.25, 0.3) is 11.4 Å². The number of likely N-dealkylation sites (tertiary alicyclic amines) is 1. The number of methoxy groups -OCH3 is 1. The highest BCUT2D eigenvalue weighted by Gasteiger charge is 2.29. The molecular formula is C27H34N6O3. The molecule has 2 saturated heterocycles. The highest BCUT2D eigenvalue weighted by atomic mass is 16.5. The number of benzene rings is 1. The summed E-state index contributed by atoms with van der Waals surface area (Å²) in [6.45, 7) is 7.41. The molecule has 9 nitrogen and oxygen atoms in total. The van der Waals surface area contributed by atoms with Crippen molar-refractivity contribution in [1.82, 2.24) is 25.3 Å². The minimum atomic E-state index is 0.0273. The molecule has 0 bridgehead atoms. The number of aryl methyl sites for hydroxylation is 1. The standard InChI is InChI=1S/C27H34N6O3/c1-19-3-5-20(6-4-19)17-32-12-9-21(18-32)15-29-26(34)22-10-13-33(14-11-22)27-30-25(31-36-27)23-7-8-24(35-2)28-16-23/h3-8,16,21-22H,9-15,17-18H2,1-2H3,(H,29,34). The molecule has 2 aromatic heterocycles. The zero-order chi connectivity index (χ0) is 24.9. The molecule has 1 unspecified atom stereocenters. The van der Waals surface area contributed by atoms with Gasteiger partial charge in [0.1, 0.15) is 0 Å². The summed E-state index contributed by atoms with van der Waals surface area (Å²) in [5, 5.41) is 7.31. The third-order valence-corrected chi connectivity index (χ3v) is 7.22. The van der Waals surface area contributed by atoms with Crippen LogP contribution in [0.1, 0.15) is 30.4 Å². The molecule has 0 radical (unpaired) electrons. The molecule has 3 aromatic rings. The summed E-state index contributed by atoms with van der Waals surface area (Å²) >= 11 is 0. The number of carbonyl (C=O) groups excluding carboxylic acids is 1. The number of rotatable bonds is 8. The first-order valence-electron chi connectivity index (χ1n) is 12.7. The average molecular weight is 491 g/mol. The second-order valence-electron chi connectivity index (χ2n) is 9.87. The predicted molar refractivity (Wildman–Crippen MR) is 137 cm³/mol. The fourth-order valence-corrected chi connectivity index (χ4v) is 4.99. The summed E-state index contributed by atoms with van der Waals surface area (Å²) in [6, 6.07) is 12.9. The van der Waals surface area contributed by atoms with Gasteiger partial charge in [0.15, 0.2) is 0 Å². The van der Waals surface area contributed by atoms with Gasteiger partial charge in [-0.3, -0.25) is 9.69 Å². The first-order valence-corrected chi connectivity index (χ1v) is 12.7. The highest BCUT2D eigenvalue weighted by Crippen LogP contribution is 2.25. The number of pyridine rings is 1. The molecular weight excluding hydrogens is 456 g/mol. The van der Waals surface area contributed by atoms with E-state index in [0.717, 1.165) is 51.0 Å². The summed E-state index contributed by atoms with van der Waals surface area (Å²) in [7, 11) is 1.58. The smallest absolute Gasteiger partial charge is 0.324 e. The Morgan fingerprint density at radius 3 is 2.64 bits per heavy atom. The molecule has 0 spiro atoms. The van der Waals surface area contributed by atoms with E-state index in [1.807, 2.05) is 6.07 Å². The first kappa shape index (κ1) is 24.2. The van der Waals surface area contributed by atoms with Crippen molar-refractivity contribution in [3.8, 4) is 17.3 Å². The Labute approximate surface area is 211 Å². The first-order chi connectivity index (χ1) is 17.6. The van der Waals surface area contributed by atoms with Gasteiger partial charge in [-0.1, -0.05) is 35.0 Å². The van der Waals surface area contributed by atoms with E-state index in [9.17, 15) is 4.79 Å². The van der Waals surface area contributed by atoms with Crippen LogP contribution in [0.15, 0.2) is 47.1 Å². The Morgan fingerprint density at radius 2 is 1.92 bits per heavy atom. The molecule has 0 saturated carbocycles. The van der Waals surface area contributed by atoms with Crippen LogP contribution < -0.4 is 15.0 Å². The van der Waals surface area contributed by atoms with E-state index in [-0.39, 0.29) is 11.8 Å². The van der Waals surface area contributed by atoms with Gasteiger partial charge in [0.2, 0.25) is 17.6 Å². The van der Waals surface area contributed by atoms with Crippen molar-refractivity contribution in [2.45, 2.75) is 32.7 Å². The number of carbonyl (C=O) groups is 1. The normalized spacial score (nSPS) is 18.9. The van der Waals surface area contributed by atoms with Gasteiger partial charge in [0.05, 0.1) is 7.11 Å². The molecule has 2 aliphatic heterocycles. The lowest BCUT2D eigenvalue weighted by atomic mass is 9.96. The minimum Gasteiger partial charge on any atom is -0.481 e. The number of nitrogens with zero attached hydrogens (tertiary/aromatic N) is 5. The SMILES string of the molecule is COc1ccc(-c2noc(N3CCC(C(=O)NCC4CCN(Cc5ccc(C)cc5)C4)CC3)n2)cn1. The number of hydrogen-bond acceptors (Lipinski definition) is 8. The molecule has 36 heavy (non-hydrogen) atoms. The van der Waals surface area contributed by atoms with Crippen molar-refractivity contribution in [2.75, 3.05) is 44.7 Å². The lowest BCUT2D eigenvalue weighted by Gasteiger charge is -2.30. The van der Waals surface area contributed by atoms with Gasteiger partial charge in [-0.15, -0.1) is 0 Å². The van der Waals surface area contributed by atoms with E-state index in [2.05, 4.69) is 61.4 Å². The number of anilines is 1. The van der Waals surface area contributed by atoms with Crippen LogP contribution in [0.2, 0.25) is 0 Å². The van der Waals surface area contributed by atoms with Crippen molar-refractivity contribution in [3.63, 3.8) is 0 Å². The van der Waals surface area contributed by atoms with Gasteiger partial charge in [0, 0.05) is 56.5 Å². The van der Waals surface area contributed by atoms with Crippen molar-refractivity contribution < 1.29 is 14.1 Å². The van der Waals surface area contributed by atoms with Crippen LogP contribution >= 0.6 is 0 Å². The van der Waals surface area contributed by atoms with Crippen molar-refractivity contribution in [2.24, 2.45) is 11.8 Å². The van der Waals surface area contributed by atoms with E-state index in [1.165, 1.54) is 11.1 Å². The third kappa shape index (κ3) is 5.84. The van der Waals surface area contributed by atoms with Crippen LogP contribution in [-0.2, 0) is 11.3 Å². The molecule has 5 rings (SSSR count). The summed E-state index contributed by atoms with van der Waals surface area (Å²) < 4.78 is 10.6. The Kier molecular flexibility index (Phi) is 7.46. The Morgan fingerprint density at radius 1 is 1.11 bits per heavy atom. The molecule has 0 aliphatic carbocycles. The van der Waals surface area contributed by atoms with Gasteiger partial charge in [-0.05, 0) is 50.3 Å². The maximum Gasteiger partial charge on any atom is 0.324 e. The topological polar surface area (TPSA) is 96.6 Å². The van der Waals surface area contributed by atoms with Crippen molar-refractivity contribution in [3.05, 3.63) is 53.7 Å². The molecule has 2 aliphatic rings. The van der Waals surface area contributed by atoms with Gasteiger partial charge < -0.3 is 19.5 Å². The third-order valence-electron chi connectivity index (χ3n) is 7.22. The monoisotopic (exact) mass is 490 g/mol. The Balaban J connectivity index is 1.04. The fraction of sp³-hybridized carbons (Fsp3) is 0.481. The van der Waals surface area contributed by atoms with Crippen LogP contribution in [0.5, 0.6) is 5.88 Å². The Bertz CT molecular complexity index is 1140. The maximum atomic E-state index is 12.8. The van der Waals surface area contributed by atoms with Crippen molar-refractivity contribution in [1.29, 1.82) is 0 Å². The minimum absolute atomic E-state index is 0.0273. The molecule has 1 atom stereocenters. The second kappa shape index (κ2) is 11.1. The average Bonchev–Trinajstić information content (AvgIpc) is 3.59. The van der Waals surface area contributed by atoms with E-state index in [0.29, 0.717) is 36.7 Å². The molecule has 1 N–H and O–H groups in total. The fourth-order valence-electron chi connectivity index (χ4n) is 4.99. The summed E-state index contributed by atoms with van der Waals surface area (Å²) in [5.74, 6) is 1.74. The van der Waals surface area contributed by atoms with Crippen LogP contribution in [0, 0.1) is 18.8 Å². The van der Waals surface area contributed by atoms with Gasteiger partial charge in [-0.2, -0.15) is 4.98 Å². The van der Waals surface area contributed by atoms with E-state index < -0.39 is 0 Å². The lowest BCUT2D eigenvalue weighted by Crippen LogP contribution is -2.42. The number of ether oxygens (including phenoxy) is 1. The molecule has 190 valence electrons. The summed E-state index contributed by atoms with van der Waals surface area (Å²) in [6.07, 6.45) is 4.35. The highest BCUT2D eigenvalue weighted by molar-refractivity contribution is 5.79. The molecule has 2 fully saturated rings. The van der Waals surface area contributed by atoms with Crippen LogP contribution in [-0.4, -0.2) is 65.8 Å². The summed E-state index contributed by atoms with van der Waals surface area (Å²) in [4.78, 5) is 26.1. The van der Waals surface area contributed by atoms with E-state index in [1.54, 1.807) is 19.4 Å². The maximum absolute atomic E-state index is 12.8. The Hall–Kier alpha value is -3.46. The summed E-state index contributed by atoms with van der Waals surface area (Å²) in [5.41, 5.74) is 3.41. The van der Waals surface area contributed by atoms with Gasteiger partial charge >= 0.3 is 6.01 Å². The number of aromatic nitrogens is 3. The van der Waals surface area contributed by atoms with Gasteiger partial charge in [-0.25, -0.2) is 4.98 Å². The molecule has 1 amide bonds. The zero-order valence-corrected chi connectivity index (χ0v) is 21.0.